The molecule has 7 nitrogen and oxygen atoms in total. The lowest BCUT2D eigenvalue weighted by atomic mass is 9.79. The lowest BCUT2D eigenvalue weighted by molar-refractivity contribution is -0.143. The summed E-state index contributed by atoms with van der Waals surface area (Å²) >= 11 is 0. The molecule has 1 atom stereocenters. The van der Waals surface area contributed by atoms with Crippen molar-refractivity contribution in [3.05, 3.63) is 29.1 Å². The van der Waals surface area contributed by atoms with Crippen LogP contribution in [0.1, 0.15) is 69.3 Å². The number of aryl methyl sites for hydroxylation is 3. The molecule has 1 saturated carbocycles. The molecule has 1 aromatic heterocycles. The quantitative estimate of drug-likeness (QED) is 0.526. The number of amides is 2. The number of nitrogens with one attached hydrogen (secondary N) is 1. The van der Waals surface area contributed by atoms with Crippen LogP contribution in [-0.2, 0) is 33.5 Å². The monoisotopic (exact) mass is 445 g/mol. The molecule has 3 rings (SSSR count). The molecule has 0 saturated heterocycles. The van der Waals surface area contributed by atoms with E-state index in [1.807, 2.05) is 13.8 Å². The maximum absolute atomic E-state index is 12.3. The number of hydrogen-bond donors (Lipinski definition) is 1. The number of methoxy groups -OCH3 is 1. The molecule has 0 aliphatic heterocycles. The van der Waals surface area contributed by atoms with E-state index in [1.54, 1.807) is 4.90 Å². The van der Waals surface area contributed by atoms with E-state index in [0.29, 0.717) is 32.0 Å². The van der Waals surface area contributed by atoms with Crippen LogP contribution in [-0.4, -0.2) is 60.8 Å². The highest BCUT2D eigenvalue weighted by Gasteiger charge is 2.30. The Balaban J connectivity index is 1.34. The van der Waals surface area contributed by atoms with E-state index in [0.717, 1.165) is 32.1 Å². The lowest BCUT2D eigenvalue weighted by Gasteiger charge is -2.35. The summed E-state index contributed by atoms with van der Waals surface area (Å²) < 4.78 is 10.8. The van der Waals surface area contributed by atoms with Crippen LogP contribution in [0.15, 0.2) is 12.1 Å². The van der Waals surface area contributed by atoms with Gasteiger partial charge in [0.05, 0.1) is 13.2 Å². The van der Waals surface area contributed by atoms with Gasteiger partial charge < -0.3 is 19.7 Å². The summed E-state index contributed by atoms with van der Waals surface area (Å²) in [5, 5.41) is 2.77. The molecule has 7 heteroatoms. The topological polar surface area (TPSA) is 80.8 Å². The first-order valence-electron chi connectivity index (χ1n) is 12.3. The number of nitrogens with zero attached hydrogens (tertiary/aromatic N) is 2. The van der Waals surface area contributed by atoms with Crippen molar-refractivity contribution in [3.63, 3.8) is 0 Å². The number of carbonyl (C=O) groups is 2. The van der Waals surface area contributed by atoms with Crippen LogP contribution >= 0.6 is 0 Å². The van der Waals surface area contributed by atoms with Gasteiger partial charge in [-0.05, 0) is 82.8 Å². The molecule has 1 unspecified atom stereocenters. The summed E-state index contributed by atoms with van der Waals surface area (Å²) in [5.41, 5.74) is 3.98. The smallest absolute Gasteiger partial charge is 0.328 e. The molecule has 0 spiro atoms. The first kappa shape index (κ1) is 24.5. The maximum atomic E-state index is 12.3. The highest BCUT2D eigenvalue weighted by molar-refractivity contribution is 5.83. The third-order valence-electron chi connectivity index (χ3n) is 6.83. The normalized spacial score (nSPS) is 20.6. The summed E-state index contributed by atoms with van der Waals surface area (Å²) in [6.07, 6.45) is 9.82. The van der Waals surface area contributed by atoms with Gasteiger partial charge in [0.15, 0.2) is 0 Å². The Kier molecular flexibility index (Phi) is 9.33. The van der Waals surface area contributed by atoms with Crippen molar-refractivity contribution in [1.29, 1.82) is 0 Å². The predicted molar refractivity (Wildman–Crippen MR) is 124 cm³/mol. The number of fused-ring (bicyclic) bond motifs is 1. The van der Waals surface area contributed by atoms with Crippen LogP contribution < -0.4 is 5.32 Å². The summed E-state index contributed by atoms with van der Waals surface area (Å²) in [6, 6.07) is 3.56. The van der Waals surface area contributed by atoms with Gasteiger partial charge in [-0.1, -0.05) is 6.07 Å². The van der Waals surface area contributed by atoms with E-state index >= 15 is 0 Å². The van der Waals surface area contributed by atoms with E-state index in [-0.39, 0.29) is 12.1 Å². The first-order chi connectivity index (χ1) is 15.5. The van der Waals surface area contributed by atoms with Crippen molar-refractivity contribution < 1.29 is 19.1 Å². The lowest BCUT2D eigenvalue weighted by Crippen LogP contribution is -2.48. The second kappa shape index (κ2) is 12.2. The van der Waals surface area contributed by atoms with Crippen molar-refractivity contribution in [2.75, 3.05) is 26.8 Å². The van der Waals surface area contributed by atoms with Crippen molar-refractivity contribution in [1.82, 2.24) is 15.2 Å². The minimum atomic E-state index is -0.681. The molecule has 1 fully saturated rings. The molecule has 0 bridgehead atoms. The fraction of sp³-hybridized carbons (Fsp3) is 0.720. The molecule has 2 aliphatic rings. The first-order valence-corrected chi connectivity index (χ1v) is 12.3. The number of aromatic nitrogens is 1. The third kappa shape index (κ3) is 6.67. The van der Waals surface area contributed by atoms with Gasteiger partial charge in [0.25, 0.3) is 0 Å². The number of rotatable bonds is 11. The van der Waals surface area contributed by atoms with E-state index in [1.165, 1.54) is 43.3 Å². The number of esters is 1. The van der Waals surface area contributed by atoms with Crippen LogP contribution in [0, 0.1) is 5.92 Å². The molecule has 1 aromatic rings. The maximum Gasteiger partial charge on any atom is 0.328 e. The zero-order valence-corrected chi connectivity index (χ0v) is 19.9. The van der Waals surface area contributed by atoms with Gasteiger partial charge in [-0.2, -0.15) is 0 Å². The molecule has 1 N–H and O–H groups in total. The van der Waals surface area contributed by atoms with Gasteiger partial charge in [-0.3, -0.25) is 4.98 Å². The van der Waals surface area contributed by atoms with Gasteiger partial charge in [0.2, 0.25) is 0 Å². The zero-order valence-electron chi connectivity index (χ0n) is 19.9. The highest BCUT2D eigenvalue weighted by atomic mass is 16.5. The average molecular weight is 446 g/mol. The Labute approximate surface area is 192 Å². The molecular weight excluding hydrogens is 406 g/mol. The Morgan fingerprint density at radius 3 is 2.66 bits per heavy atom. The highest BCUT2D eigenvalue weighted by Crippen LogP contribution is 2.34. The molecule has 2 aliphatic carbocycles. The Bertz CT molecular complexity index is 760. The summed E-state index contributed by atoms with van der Waals surface area (Å²) in [5.74, 6) is 0.245. The number of pyridine rings is 1. The van der Waals surface area contributed by atoms with Crippen molar-refractivity contribution >= 4 is 12.0 Å². The fourth-order valence-corrected chi connectivity index (χ4v) is 4.66. The minimum Gasteiger partial charge on any atom is -0.467 e. The van der Waals surface area contributed by atoms with Crippen molar-refractivity contribution in [3.8, 4) is 0 Å². The van der Waals surface area contributed by atoms with E-state index < -0.39 is 12.0 Å². The van der Waals surface area contributed by atoms with Crippen LogP contribution in [0.4, 0.5) is 4.79 Å². The van der Waals surface area contributed by atoms with Crippen LogP contribution in [0.5, 0.6) is 0 Å². The Morgan fingerprint density at radius 2 is 1.94 bits per heavy atom. The van der Waals surface area contributed by atoms with E-state index in [9.17, 15) is 9.59 Å². The van der Waals surface area contributed by atoms with Gasteiger partial charge in [-0.25, -0.2) is 9.59 Å². The van der Waals surface area contributed by atoms with Crippen molar-refractivity contribution in [2.45, 2.75) is 83.8 Å². The number of carbonyl (C=O) groups excluding carboxylic acids is 2. The van der Waals surface area contributed by atoms with Gasteiger partial charge in [0.1, 0.15) is 6.04 Å². The van der Waals surface area contributed by atoms with Gasteiger partial charge in [-0.15, -0.1) is 0 Å². The van der Waals surface area contributed by atoms with Crippen LogP contribution in [0.2, 0.25) is 0 Å². The Hall–Kier alpha value is -2.15. The van der Waals surface area contributed by atoms with E-state index in [4.69, 9.17) is 14.5 Å². The SMILES string of the molecule is CCN(CC)C(=O)NC(CCOC1CC(CCc2ccc3c(n2)CCCC3)C1)C(=O)OC. The minimum absolute atomic E-state index is 0.244. The van der Waals surface area contributed by atoms with Gasteiger partial charge in [0, 0.05) is 37.5 Å². The molecular formula is C25H39N3O4. The van der Waals surface area contributed by atoms with Crippen molar-refractivity contribution in [2.24, 2.45) is 5.92 Å². The Morgan fingerprint density at radius 1 is 1.19 bits per heavy atom. The predicted octanol–water partition coefficient (Wildman–Crippen LogP) is 3.67. The molecule has 0 aromatic carbocycles. The average Bonchev–Trinajstić information content (AvgIpc) is 2.79. The molecule has 1 heterocycles. The molecule has 2 amide bonds. The van der Waals surface area contributed by atoms with Crippen LogP contribution in [0.3, 0.4) is 0 Å². The molecule has 0 radical (unpaired) electrons. The number of hydrogen-bond acceptors (Lipinski definition) is 5. The number of urea groups is 1. The zero-order chi connectivity index (χ0) is 22.9. The summed E-state index contributed by atoms with van der Waals surface area (Å²) in [4.78, 5) is 30.9. The molecule has 32 heavy (non-hydrogen) atoms. The number of ether oxygens (including phenoxy) is 2. The molecule has 178 valence electrons. The fourth-order valence-electron chi connectivity index (χ4n) is 4.66. The van der Waals surface area contributed by atoms with Gasteiger partial charge >= 0.3 is 12.0 Å². The third-order valence-corrected chi connectivity index (χ3v) is 6.83. The summed E-state index contributed by atoms with van der Waals surface area (Å²) in [7, 11) is 1.34. The second-order valence-electron chi connectivity index (χ2n) is 8.97. The largest absolute Gasteiger partial charge is 0.467 e. The second-order valence-corrected chi connectivity index (χ2v) is 8.97. The van der Waals surface area contributed by atoms with Crippen LogP contribution in [0.25, 0.3) is 0 Å². The van der Waals surface area contributed by atoms with E-state index in [2.05, 4.69) is 17.4 Å². The summed E-state index contributed by atoms with van der Waals surface area (Å²) in [6.45, 7) is 5.44. The standard InChI is InChI=1S/C25H39N3O4/c1-4-28(5-2)25(30)27-23(24(29)31-3)14-15-32-21-16-18(17-21)10-12-20-13-11-19-8-6-7-9-22(19)26-20/h11,13,18,21,23H,4-10,12,14-17H2,1-3H3,(H,27,30).